The molecule has 0 aliphatic rings. The molecule has 0 fully saturated rings. The molecular formula is C18H20N2O. The zero-order valence-electron chi connectivity index (χ0n) is 12.2. The van der Waals surface area contributed by atoms with Crippen LogP contribution in [0.5, 0.6) is 0 Å². The lowest BCUT2D eigenvalue weighted by Crippen LogP contribution is -2.11. The van der Waals surface area contributed by atoms with Gasteiger partial charge in [-0.1, -0.05) is 49.4 Å². The molecule has 0 unspecified atom stereocenters. The number of hydrogen-bond donors (Lipinski definition) is 1. The Morgan fingerprint density at radius 2 is 1.76 bits per heavy atom. The third kappa shape index (κ3) is 2.83. The Bertz CT molecular complexity index is 718. The second-order valence-electron chi connectivity index (χ2n) is 5.30. The van der Waals surface area contributed by atoms with Crippen LogP contribution in [-0.2, 0) is 13.0 Å². The fraction of sp³-hybridized carbons (Fsp3) is 0.278. The number of para-hydroxylation sites is 2. The Labute approximate surface area is 124 Å². The van der Waals surface area contributed by atoms with Crippen LogP contribution in [0, 0.1) is 0 Å². The number of nitrogens with zero attached hydrogens (tertiary/aromatic N) is 2. The maximum Gasteiger partial charge on any atom is 0.109 e. The first kappa shape index (κ1) is 13.8. The van der Waals surface area contributed by atoms with Crippen LogP contribution in [0.25, 0.3) is 11.0 Å². The highest BCUT2D eigenvalue weighted by atomic mass is 16.3. The van der Waals surface area contributed by atoms with Gasteiger partial charge in [-0.25, -0.2) is 4.98 Å². The maximum absolute atomic E-state index is 10.5. The molecule has 0 amide bonds. The highest BCUT2D eigenvalue weighted by molar-refractivity contribution is 5.75. The second kappa shape index (κ2) is 6.10. The predicted molar refractivity (Wildman–Crippen MR) is 85.1 cm³/mol. The number of imidazole rings is 1. The van der Waals surface area contributed by atoms with Gasteiger partial charge in [0.2, 0.25) is 0 Å². The van der Waals surface area contributed by atoms with Gasteiger partial charge in [-0.3, -0.25) is 0 Å². The summed E-state index contributed by atoms with van der Waals surface area (Å²) in [6.45, 7) is 2.69. The minimum Gasteiger partial charge on any atom is -0.387 e. The van der Waals surface area contributed by atoms with Crippen LogP contribution < -0.4 is 0 Å². The monoisotopic (exact) mass is 280 g/mol. The van der Waals surface area contributed by atoms with Crippen molar-refractivity contribution in [3.05, 3.63) is 66.0 Å². The van der Waals surface area contributed by atoms with Gasteiger partial charge in [0.25, 0.3) is 0 Å². The van der Waals surface area contributed by atoms with Gasteiger partial charge in [-0.15, -0.1) is 0 Å². The van der Waals surface area contributed by atoms with Crippen molar-refractivity contribution in [3.63, 3.8) is 0 Å². The third-order valence-corrected chi connectivity index (χ3v) is 3.75. The van der Waals surface area contributed by atoms with E-state index >= 15 is 0 Å². The van der Waals surface area contributed by atoms with Crippen LogP contribution in [0.2, 0.25) is 0 Å². The molecule has 2 aromatic carbocycles. The van der Waals surface area contributed by atoms with Gasteiger partial charge < -0.3 is 9.67 Å². The van der Waals surface area contributed by atoms with Gasteiger partial charge in [0, 0.05) is 6.42 Å². The first-order chi connectivity index (χ1) is 10.3. The summed E-state index contributed by atoms with van der Waals surface area (Å²) < 4.78 is 2.15. The molecule has 1 atom stereocenters. The van der Waals surface area contributed by atoms with E-state index in [2.05, 4.69) is 17.6 Å². The lowest BCUT2D eigenvalue weighted by atomic mass is 10.1. The summed E-state index contributed by atoms with van der Waals surface area (Å²) in [5.74, 6) is 1.05. The smallest absolute Gasteiger partial charge is 0.109 e. The number of benzene rings is 2. The summed E-state index contributed by atoms with van der Waals surface area (Å²) in [5, 5.41) is 10.5. The average molecular weight is 280 g/mol. The van der Waals surface area contributed by atoms with E-state index in [1.165, 1.54) is 0 Å². The van der Waals surface area contributed by atoms with Gasteiger partial charge >= 0.3 is 0 Å². The molecular weight excluding hydrogens is 260 g/mol. The summed E-state index contributed by atoms with van der Waals surface area (Å²) in [6.07, 6.45) is 1.46. The van der Waals surface area contributed by atoms with Crippen LogP contribution in [0.3, 0.4) is 0 Å². The standard InChI is InChI=1S/C18H20N2O/c1-2-8-18-19-15-11-6-7-12-16(15)20(18)13-17(21)14-9-4-3-5-10-14/h3-7,9-12,17,21H,2,8,13H2,1H3/t17-/m1/s1. The van der Waals surface area contributed by atoms with Crippen molar-refractivity contribution in [1.82, 2.24) is 9.55 Å². The molecule has 0 aliphatic heterocycles. The summed E-state index contributed by atoms with van der Waals surface area (Å²) in [4.78, 5) is 4.70. The fourth-order valence-electron chi connectivity index (χ4n) is 2.70. The van der Waals surface area contributed by atoms with Crippen molar-refractivity contribution < 1.29 is 5.11 Å². The minimum absolute atomic E-state index is 0.514. The second-order valence-corrected chi connectivity index (χ2v) is 5.30. The SMILES string of the molecule is CCCc1nc2ccccc2n1C[C@@H](O)c1ccccc1. The number of hydrogen-bond acceptors (Lipinski definition) is 2. The van der Waals surface area contributed by atoms with Gasteiger partial charge in [0.05, 0.1) is 23.7 Å². The van der Waals surface area contributed by atoms with E-state index in [0.717, 1.165) is 35.3 Å². The molecule has 3 nitrogen and oxygen atoms in total. The molecule has 21 heavy (non-hydrogen) atoms. The van der Waals surface area contributed by atoms with Gasteiger partial charge in [0.1, 0.15) is 5.82 Å². The molecule has 0 spiro atoms. The number of aliphatic hydroxyl groups excluding tert-OH is 1. The zero-order valence-corrected chi connectivity index (χ0v) is 12.2. The Hall–Kier alpha value is -2.13. The van der Waals surface area contributed by atoms with E-state index in [0.29, 0.717) is 6.54 Å². The highest BCUT2D eigenvalue weighted by Crippen LogP contribution is 2.22. The van der Waals surface area contributed by atoms with Crippen LogP contribution in [0.1, 0.15) is 30.8 Å². The zero-order chi connectivity index (χ0) is 14.7. The largest absolute Gasteiger partial charge is 0.387 e. The molecule has 0 bridgehead atoms. The summed E-state index contributed by atoms with van der Waals surface area (Å²) in [6, 6.07) is 17.9. The molecule has 108 valence electrons. The molecule has 0 radical (unpaired) electrons. The lowest BCUT2D eigenvalue weighted by molar-refractivity contribution is 0.156. The summed E-state index contributed by atoms with van der Waals surface area (Å²) in [5.41, 5.74) is 3.04. The molecule has 0 saturated heterocycles. The van der Waals surface area contributed by atoms with E-state index in [1.54, 1.807) is 0 Å². The Morgan fingerprint density at radius 1 is 1.05 bits per heavy atom. The van der Waals surface area contributed by atoms with E-state index in [1.807, 2.05) is 48.5 Å². The maximum atomic E-state index is 10.5. The van der Waals surface area contributed by atoms with Gasteiger partial charge in [-0.05, 0) is 24.1 Å². The number of aliphatic hydroxyl groups is 1. The first-order valence-electron chi connectivity index (χ1n) is 7.46. The number of fused-ring (bicyclic) bond motifs is 1. The minimum atomic E-state index is -0.514. The van der Waals surface area contributed by atoms with E-state index in [4.69, 9.17) is 4.98 Å². The summed E-state index contributed by atoms with van der Waals surface area (Å²) in [7, 11) is 0. The molecule has 1 N–H and O–H groups in total. The van der Waals surface area contributed by atoms with E-state index in [-0.39, 0.29) is 0 Å². The van der Waals surface area contributed by atoms with Crippen molar-refractivity contribution in [2.75, 3.05) is 0 Å². The van der Waals surface area contributed by atoms with Crippen molar-refractivity contribution >= 4 is 11.0 Å². The Kier molecular flexibility index (Phi) is 4.02. The first-order valence-corrected chi connectivity index (χ1v) is 7.46. The number of aromatic nitrogens is 2. The highest BCUT2D eigenvalue weighted by Gasteiger charge is 2.14. The van der Waals surface area contributed by atoms with Crippen LogP contribution in [-0.4, -0.2) is 14.7 Å². The number of aryl methyl sites for hydroxylation is 1. The quantitative estimate of drug-likeness (QED) is 0.773. The van der Waals surface area contributed by atoms with E-state index < -0.39 is 6.10 Å². The molecule has 3 aromatic rings. The lowest BCUT2D eigenvalue weighted by Gasteiger charge is -2.15. The van der Waals surface area contributed by atoms with Gasteiger partial charge in [-0.2, -0.15) is 0 Å². The van der Waals surface area contributed by atoms with Crippen molar-refractivity contribution in [2.45, 2.75) is 32.4 Å². The molecule has 1 aromatic heterocycles. The van der Waals surface area contributed by atoms with E-state index in [9.17, 15) is 5.11 Å². The fourth-order valence-corrected chi connectivity index (χ4v) is 2.70. The Morgan fingerprint density at radius 3 is 2.52 bits per heavy atom. The van der Waals surface area contributed by atoms with Crippen LogP contribution in [0.4, 0.5) is 0 Å². The topological polar surface area (TPSA) is 38.0 Å². The predicted octanol–water partition coefficient (Wildman–Crippen LogP) is 3.72. The molecule has 0 saturated carbocycles. The number of rotatable bonds is 5. The molecule has 3 rings (SSSR count). The molecule has 3 heteroatoms. The Balaban J connectivity index is 1.97. The average Bonchev–Trinajstić information content (AvgIpc) is 2.86. The normalized spacial score (nSPS) is 12.7. The van der Waals surface area contributed by atoms with Crippen molar-refractivity contribution in [3.8, 4) is 0 Å². The van der Waals surface area contributed by atoms with Crippen LogP contribution >= 0.6 is 0 Å². The van der Waals surface area contributed by atoms with Crippen LogP contribution in [0.15, 0.2) is 54.6 Å². The third-order valence-electron chi connectivity index (χ3n) is 3.75. The van der Waals surface area contributed by atoms with Crippen molar-refractivity contribution in [1.29, 1.82) is 0 Å². The van der Waals surface area contributed by atoms with Gasteiger partial charge in [0.15, 0.2) is 0 Å². The molecule has 1 heterocycles. The molecule has 0 aliphatic carbocycles. The summed E-state index contributed by atoms with van der Waals surface area (Å²) >= 11 is 0. The van der Waals surface area contributed by atoms with Crippen molar-refractivity contribution in [2.24, 2.45) is 0 Å².